The summed E-state index contributed by atoms with van der Waals surface area (Å²) in [6.45, 7) is 5.57. The molecule has 0 radical (unpaired) electrons. The van der Waals surface area contributed by atoms with E-state index in [1.807, 2.05) is 20.8 Å². The van der Waals surface area contributed by atoms with Crippen molar-refractivity contribution in [3.63, 3.8) is 0 Å². The molecule has 0 bridgehead atoms. The van der Waals surface area contributed by atoms with Crippen LogP contribution in [0, 0.1) is 0 Å². The van der Waals surface area contributed by atoms with Crippen molar-refractivity contribution in [3.8, 4) is 5.75 Å². The molecule has 1 N–H and O–H groups in total. The SMILES string of the molecule is CC(C)(C)OC(=O)[AsH]c1ccc(O)cc1. The first-order chi connectivity index (χ1) is 6.87. The summed E-state index contributed by atoms with van der Waals surface area (Å²) in [4.78, 5) is 11.5. The fourth-order valence-corrected chi connectivity index (χ4v) is 2.91. The molecule has 0 aliphatic heterocycles. The molecule has 0 heterocycles. The molecule has 0 spiro atoms. The number of phenolic OH excluding ortho intramolecular Hbond substituents is 1. The first kappa shape index (κ1) is 12.1. The van der Waals surface area contributed by atoms with Crippen LogP contribution in [0.5, 0.6) is 5.75 Å². The van der Waals surface area contributed by atoms with Gasteiger partial charge in [-0.05, 0) is 0 Å². The zero-order valence-electron chi connectivity index (χ0n) is 9.07. The molecule has 0 saturated carbocycles. The minimum atomic E-state index is -0.926. The Bertz CT molecular complexity index is 338. The van der Waals surface area contributed by atoms with E-state index in [1.165, 1.54) is 0 Å². The van der Waals surface area contributed by atoms with Crippen LogP contribution in [0.2, 0.25) is 0 Å². The summed E-state index contributed by atoms with van der Waals surface area (Å²) in [5.74, 6) is 0.217. The van der Waals surface area contributed by atoms with Crippen molar-refractivity contribution < 1.29 is 14.6 Å². The van der Waals surface area contributed by atoms with Crippen LogP contribution in [-0.4, -0.2) is 31.2 Å². The second-order valence-corrected chi connectivity index (χ2v) is 6.77. The van der Waals surface area contributed by atoms with E-state index in [0.29, 0.717) is 0 Å². The predicted molar refractivity (Wildman–Crippen MR) is 61.1 cm³/mol. The Kier molecular flexibility index (Phi) is 3.81. The minimum absolute atomic E-state index is 0.131. The van der Waals surface area contributed by atoms with E-state index in [0.717, 1.165) is 4.35 Å². The molecule has 15 heavy (non-hydrogen) atoms. The predicted octanol–water partition coefficient (Wildman–Crippen LogP) is 1.39. The zero-order valence-corrected chi connectivity index (χ0v) is 11.2. The van der Waals surface area contributed by atoms with Gasteiger partial charge in [0.15, 0.2) is 0 Å². The van der Waals surface area contributed by atoms with E-state index in [-0.39, 0.29) is 10.5 Å². The fourth-order valence-electron chi connectivity index (χ4n) is 0.966. The van der Waals surface area contributed by atoms with Crippen molar-refractivity contribution in [2.24, 2.45) is 0 Å². The topological polar surface area (TPSA) is 46.5 Å². The molecule has 1 unspecified atom stereocenters. The van der Waals surface area contributed by atoms with Crippen molar-refractivity contribution >= 4 is 24.9 Å². The van der Waals surface area contributed by atoms with Crippen molar-refractivity contribution in [1.82, 2.24) is 0 Å². The Balaban J connectivity index is 2.55. The van der Waals surface area contributed by atoms with E-state index >= 15 is 0 Å². The van der Waals surface area contributed by atoms with Crippen molar-refractivity contribution in [2.75, 3.05) is 0 Å². The maximum atomic E-state index is 11.5. The summed E-state index contributed by atoms with van der Waals surface area (Å²) in [7, 11) is 0. The number of aromatic hydroxyl groups is 1. The molecule has 0 aliphatic rings. The van der Waals surface area contributed by atoms with Gasteiger partial charge >= 0.3 is 95.9 Å². The number of phenols is 1. The van der Waals surface area contributed by atoms with Crippen LogP contribution in [0.15, 0.2) is 24.3 Å². The summed E-state index contributed by atoms with van der Waals surface area (Å²) in [5.41, 5.74) is -0.419. The van der Waals surface area contributed by atoms with Gasteiger partial charge in [0, 0.05) is 0 Å². The van der Waals surface area contributed by atoms with Gasteiger partial charge in [0.2, 0.25) is 0 Å². The molecule has 82 valence electrons. The second kappa shape index (κ2) is 4.71. The maximum absolute atomic E-state index is 11.5. The van der Waals surface area contributed by atoms with Crippen LogP contribution < -0.4 is 4.35 Å². The van der Waals surface area contributed by atoms with Gasteiger partial charge in [-0.2, -0.15) is 0 Å². The van der Waals surface area contributed by atoms with Crippen LogP contribution in [0.25, 0.3) is 0 Å². The molecule has 1 aromatic carbocycles. The van der Waals surface area contributed by atoms with Crippen molar-refractivity contribution in [1.29, 1.82) is 0 Å². The average Bonchev–Trinajstić information content (AvgIpc) is 2.05. The first-order valence-electron chi connectivity index (χ1n) is 4.66. The summed E-state index contributed by atoms with van der Waals surface area (Å²) in [6, 6.07) is 6.70. The third kappa shape index (κ3) is 4.89. The van der Waals surface area contributed by atoms with E-state index in [9.17, 15) is 4.79 Å². The van der Waals surface area contributed by atoms with Gasteiger partial charge in [-0.1, -0.05) is 0 Å². The van der Waals surface area contributed by atoms with Gasteiger partial charge in [-0.15, -0.1) is 0 Å². The summed E-state index contributed by atoms with van der Waals surface area (Å²) in [5, 5.41) is 9.07. The Morgan fingerprint density at radius 1 is 1.27 bits per heavy atom. The molecular weight excluding hydrogens is 255 g/mol. The number of carbonyl (C=O) groups is 1. The number of hydrogen-bond acceptors (Lipinski definition) is 3. The molecule has 1 atom stereocenters. The molecule has 0 fully saturated rings. The molecule has 0 aliphatic carbocycles. The van der Waals surface area contributed by atoms with Crippen molar-refractivity contribution in [2.45, 2.75) is 26.4 Å². The zero-order chi connectivity index (χ0) is 11.5. The number of ether oxygens (including phenoxy) is 1. The first-order valence-corrected chi connectivity index (χ1v) is 6.76. The quantitative estimate of drug-likeness (QED) is 0.826. The van der Waals surface area contributed by atoms with E-state index in [1.54, 1.807) is 24.3 Å². The number of benzene rings is 1. The Morgan fingerprint density at radius 2 is 1.80 bits per heavy atom. The van der Waals surface area contributed by atoms with Crippen LogP contribution in [0.4, 0.5) is 4.79 Å². The van der Waals surface area contributed by atoms with E-state index < -0.39 is 21.4 Å². The molecule has 0 saturated heterocycles. The van der Waals surface area contributed by atoms with Gasteiger partial charge in [0.1, 0.15) is 0 Å². The van der Waals surface area contributed by atoms with Crippen LogP contribution >= 0.6 is 0 Å². The molecular formula is C11H15AsO3. The van der Waals surface area contributed by atoms with Gasteiger partial charge in [0.05, 0.1) is 0 Å². The molecule has 0 aromatic heterocycles. The summed E-state index contributed by atoms with van der Waals surface area (Å²) in [6.07, 6.45) is 0. The second-order valence-electron chi connectivity index (χ2n) is 4.17. The van der Waals surface area contributed by atoms with E-state index in [4.69, 9.17) is 9.84 Å². The fraction of sp³-hybridized carbons (Fsp3) is 0.364. The average molecular weight is 270 g/mol. The Morgan fingerprint density at radius 3 is 2.27 bits per heavy atom. The van der Waals surface area contributed by atoms with E-state index in [2.05, 4.69) is 0 Å². The number of rotatable bonds is 2. The monoisotopic (exact) mass is 270 g/mol. The third-order valence-corrected chi connectivity index (χ3v) is 3.46. The molecule has 1 rings (SSSR count). The van der Waals surface area contributed by atoms with Gasteiger partial charge < -0.3 is 0 Å². The van der Waals surface area contributed by atoms with Crippen LogP contribution in [0.3, 0.4) is 0 Å². The number of carbonyl (C=O) groups excluding carboxylic acids is 1. The molecule has 3 nitrogen and oxygen atoms in total. The summed E-state index contributed by atoms with van der Waals surface area (Å²) < 4.78 is 6.05. The molecule has 1 aromatic rings. The van der Waals surface area contributed by atoms with Gasteiger partial charge in [-0.25, -0.2) is 0 Å². The normalized spacial score (nSPS) is 11.9. The van der Waals surface area contributed by atoms with Gasteiger partial charge in [-0.3, -0.25) is 0 Å². The Hall–Kier alpha value is -0.952. The third-order valence-electron chi connectivity index (χ3n) is 1.51. The summed E-state index contributed by atoms with van der Waals surface area (Å²) >= 11 is -0.926. The van der Waals surface area contributed by atoms with Crippen LogP contribution in [0.1, 0.15) is 20.8 Å². The number of hydrogen-bond donors (Lipinski definition) is 1. The standard InChI is InChI=1S/C11H15AsO3/c1-11(2,3)15-10(14)12-8-4-6-9(13)7-5-8/h4-7,12-13H,1-3H3. The van der Waals surface area contributed by atoms with Crippen LogP contribution in [-0.2, 0) is 4.74 Å². The van der Waals surface area contributed by atoms with Crippen molar-refractivity contribution in [3.05, 3.63) is 24.3 Å². The molecule has 0 amide bonds. The molecule has 4 heteroatoms. The Labute approximate surface area is 96.1 Å². The van der Waals surface area contributed by atoms with Gasteiger partial charge in [0.25, 0.3) is 0 Å².